The number of rotatable bonds is 4. The van der Waals surface area contributed by atoms with Crippen LogP contribution in [0.5, 0.6) is 0 Å². The highest BCUT2D eigenvalue weighted by Crippen LogP contribution is 2.49. The highest BCUT2D eigenvalue weighted by molar-refractivity contribution is 7.90. The minimum Gasteiger partial charge on any atom is -0.481 e. The predicted molar refractivity (Wildman–Crippen MR) is 78.9 cm³/mol. The van der Waals surface area contributed by atoms with Gasteiger partial charge in [0.15, 0.2) is 9.84 Å². The van der Waals surface area contributed by atoms with Gasteiger partial charge in [-0.25, -0.2) is 8.42 Å². The Hall–Kier alpha value is -1.56. The van der Waals surface area contributed by atoms with E-state index in [4.69, 9.17) is 0 Å². The molecule has 0 aliphatic heterocycles. The van der Waals surface area contributed by atoms with Crippen molar-refractivity contribution in [2.45, 2.75) is 30.2 Å². The lowest BCUT2D eigenvalue weighted by Gasteiger charge is -2.29. The molecule has 5 nitrogen and oxygen atoms in total. The largest absolute Gasteiger partial charge is 0.481 e. The summed E-state index contributed by atoms with van der Waals surface area (Å²) in [5.41, 5.74) is 0.784. The van der Waals surface area contributed by atoms with Gasteiger partial charge in [0.05, 0.1) is 10.8 Å². The van der Waals surface area contributed by atoms with Gasteiger partial charge in [-0.05, 0) is 55.4 Å². The van der Waals surface area contributed by atoms with Crippen molar-refractivity contribution in [1.29, 1.82) is 0 Å². The molecule has 2 aliphatic carbocycles. The van der Waals surface area contributed by atoms with Crippen molar-refractivity contribution in [3.05, 3.63) is 24.3 Å². The van der Waals surface area contributed by atoms with Crippen LogP contribution in [0.25, 0.3) is 0 Å². The highest BCUT2D eigenvalue weighted by atomic mass is 32.2. The molecule has 114 valence electrons. The van der Waals surface area contributed by atoms with Gasteiger partial charge in [0.2, 0.25) is 0 Å². The van der Waals surface area contributed by atoms with Gasteiger partial charge in [0, 0.05) is 18.0 Å². The molecule has 1 aromatic carbocycles. The van der Waals surface area contributed by atoms with E-state index in [1.807, 2.05) is 0 Å². The summed E-state index contributed by atoms with van der Waals surface area (Å²) in [4.78, 5) is 11.7. The van der Waals surface area contributed by atoms with Gasteiger partial charge in [-0.3, -0.25) is 4.79 Å². The third-order valence-corrected chi connectivity index (χ3v) is 5.95. The molecule has 2 saturated carbocycles. The van der Waals surface area contributed by atoms with Gasteiger partial charge >= 0.3 is 5.97 Å². The van der Waals surface area contributed by atoms with Crippen LogP contribution in [0.3, 0.4) is 0 Å². The second-order valence-electron chi connectivity index (χ2n) is 6.16. The summed E-state index contributed by atoms with van der Waals surface area (Å²) >= 11 is 0. The monoisotopic (exact) mass is 309 g/mol. The Bertz CT molecular complexity index is 653. The lowest BCUT2D eigenvalue weighted by Crippen LogP contribution is -2.39. The maximum absolute atomic E-state index is 11.5. The van der Waals surface area contributed by atoms with Crippen molar-refractivity contribution in [3.8, 4) is 0 Å². The molecule has 21 heavy (non-hydrogen) atoms. The van der Waals surface area contributed by atoms with Gasteiger partial charge in [-0.2, -0.15) is 0 Å². The van der Waals surface area contributed by atoms with Crippen LogP contribution in [0, 0.1) is 17.8 Å². The fraction of sp³-hybridized carbons (Fsp3) is 0.533. The van der Waals surface area contributed by atoms with Crippen molar-refractivity contribution < 1.29 is 18.3 Å². The first-order valence-electron chi connectivity index (χ1n) is 7.16. The van der Waals surface area contributed by atoms with Crippen LogP contribution in [-0.4, -0.2) is 31.8 Å². The Kier molecular flexibility index (Phi) is 3.43. The van der Waals surface area contributed by atoms with E-state index in [0.29, 0.717) is 5.92 Å². The standard InChI is InChI=1S/C15H19NO4S/c1-21(19,20)12-6-4-11(5-7-12)16-14-10-3-2-9(8-10)13(14)15(17)18/h4-7,9-10,13-14,16H,2-3,8H2,1H3,(H,17,18). The number of benzene rings is 1. The fourth-order valence-corrected chi connectivity index (χ4v) is 4.48. The smallest absolute Gasteiger partial charge is 0.308 e. The predicted octanol–water partition coefficient (Wildman–Crippen LogP) is 2.00. The van der Waals surface area contributed by atoms with E-state index in [1.165, 1.54) is 6.26 Å². The summed E-state index contributed by atoms with van der Waals surface area (Å²) in [6.07, 6.45) is 4.24. The Balaban J connectivity index is 1.78. The number of anilines is 1. The lowest BCUT2D eigenvalue weighted by atomic mass is 9.84. The molecule has 4 unspecified atom stereocenters. The second kappa shape index (κ2) is 5.02. The molecule has 2 aliphatic rings. The maximum atomic E-state index is 11.5. The van der Waals surface area contributed by atoms with Crippen LogP contribution in [0.15, 0.2) is 29.2 Å². The summed E-state index contributed by atoms with van der Waals surface area (Å²) in [6.45, 7) is 0. The van der Waals surface area contributed by atoms with E-state index in [9.17, 15) is 18.3 Å². The normalized spacial score (nSPS) is 31.3. The van der Waals surface area contributed by atoms with Gasteiger partial charge in [-0.15, -0.1) is 0 Å². The Morgan fingerprint density at radius 3 is 2.38 bits per heavy atom. The minimum atomic E-state index is -3.20. The minimum absolute atomic E-state index is 0.0506. The van der Waals surface area contributed by atoms with E-state index in [-0.39, 0.29) is 22.8 Å². The van der Waals surface area contributed by atoms with Crippen LogP contribution >= 0.6 is 0 Å². The molecule has 0 saturated heterocycles. The van der Waals surface area contributed by atoms with Gasteiger partial charge < -0.3 is 10.4 Å². The van der Waals surface area contributed by atoms with Crippen LogP contribution in [0.2, 0.25) is 0 Å². The molecule has 0 amide bonds. The number of hydrogen-bond acceptors (Lipinski definition) is 4. The van der Waals surface area contributed by atoms with Gasteiger partial charge in [-0.1, -0.05) is 0 Å². The fourth-order valence-electron chi connectivity index (χ4n) is 3.85. The molecule has 3 rings (SSSR count). The zero-order valence-electron chi connectivity index (χ0n) is 11.8. The Labute approximate surface area is 124 Å². The third-order valence-electron chi connectivity index (χ3n) is 4.82. The molecule has 2 N–H and O–H groups in total. The van der Waals surface area contributed by atoms with Crippen molar-refractivity contribution >= 4 is 21.5 Å². The summed E-state index contributed by atoms with van der Waals surface area (Å²) in [5.74, 6) is -0.378. The maximum Gasteiger partial charge on any atom is 0.308 e. The third kappa shape index (κ3) is 2.64. The summed E-state index contributed by atoms with van der Waals surface area (Å²) in [5, 5.41) is 12.7. The topological polar surface area (TPSA) is 83.5 Å². The SMILES string of the molecule is CS(=O)(=O)c1ccc(NC2C3CCC(C3)C2C(=O)O)cc1. The van der Waals surface area contributed by atoms with Crippen LogP contribution < -0.4 is 5.32 Å². The summed E-state index contributed by atoms with van der Waals surface area (Å²) < 4.78 is 22.9. The number of fused-ring (bicyclic) bond motifs is 2. The van der Waals surface area contributed by atoms with Crippen molar-refractivity contribution in [3.63, 3.8) is 0 Å². The van der Waals surface area contributed by atoms with Crippen molar-refractivity contribution in [2.75, 3.05) is 11.6 Å². The van der Waals surface area contributed by atoms with E-state index in [2.05, 4.69) is 5.32 Å². The number of sulfone groups is 1. The van der Waals surface area contributed by atoms with Gasteiger partial charge in [0.25, 0.3) is 0 Å². The lowest BCUT2D eigenvalue weighted by molar-refractivity contribution is -0.143. The molecule has 0 heterocycles. The van der Waals surface area contributed by atoms with E-state index in [0.717, 1.165) is 24.9 Å². The molecule has 6 heteroatoms. The van der Waals surface area contributed by atoms with Crippen LogP contribution in [0.1, 0.15) is 19.3 Å². The van der Waals surface area contributed by atoms with Crippen LogP contribution in [0.4, 0.5) is 5.69 Å². The van der Waals surface area contributed by atoms with E-state index >= 15 is 0 Å². The molecule has 0 radical (unpaired) electrons. The summed E-state index contributed by atoms with van der Waals surface area (Å²) in [7, 11) is -3.20. The van der Waals surface area contributed by atoms with Crippen molar-refractivity contribution in [2.24, 2.45) is 17.8 Å². The number of carboxylic acid groups (broad SMARTS) is 1. The number of hydrogen-bond donors (Lipinski definition) is 2. The molecule has 1 aromatic rings. The van der Waals surface area contributed by atoms with E-state index < -0.39 is 15.8 Å². The quantitative estimate of drug-likeness (QED) is 0.889. The molecule has 0 spiro atoms. The molecular formula is C15H19NO4S. The first-order chi connectivity index (χ1) is 9.86. The number of nitrogens with one attached hydrogen (secondary N) is 1. The highest BCUT2D eigenvalue weighted by Gasteiger charge is 2.51. The van der Waals surface area contributed by atoms with E-state index in [1.54, 1.807) is 24.3 Å². The Morgan fingerprint density at radius 2 is 1.81 bits per heavy atom. The second-order valence-corrected chi connectivity index (χ2v) is 8.18. The number of carboxylic acids is 1. The molecule has 2 fully saturated rings. The Morgan fingerprint density at radius 1 is 1.19 bits per heavy atom. The van der Waals surface area contributed by atoms with Crippen LogP contribution in [-0.2, 0) is 14.6 Å². The average Bonchev–Trinajstić information content (AvgIpc) is 2.98. The first kappa shape index (κ1) is 14.4. The van der Waals surface area contributed by atoms with Crippen molar-refractivity contribution in [1.82, 2.24) is 0 Å². The zero-order chi connectivity index (χ0) is 15.2. The number of carbonyl (C=O) groups is 1. The van der Waals surface area contributed by atoms with Gasteiger partial charge in [0.1, 0.15) is 0 Å². The molecular weight excluding hydrogens is 290 g/mol. The zero-order valence-corrected chi connectivity index (χ0v) is 12.6. The molecule has 4 atom stereocenters. The summed E-state index contributed by atoms with van der Waals surface area (Å²) in [6, 6.07) is 6.48. The average molecular weight is 309 g/mol. The molecule has 0 aromatic heterocycles. The number of aliphatic carboxylic acids is 1. The molecule has 2 bridgehead atoms. The first-order valence-corrected chi connectivity index (χ1v) is 9.05.